The van der Waals surface area contributed by atoms with Crippen LogP contribution in [-0.2, 0) is 19.9 Å². The van der Waals surface area contributed by atoms with Crippen molar-refractivity contribution in [3.8, 4) is 0 Å². The predicted molar refractivity (Wildman–Crippen MR) is 81.5 cm³/mol. The van der Waals surface area contributed by atoms with Gasteiger partial charge in [-0.3, -0.25) is 4.68 Å². The molecule has 2 aromatic rings. The standard InChI is InChI=1S/C16H23FN4/c1-3-8-18-11-14(10-16-12-21(2)20-19-16)9-13-4-6-15(17)7-5-13/h4-7,12,14,18H,3,8-11H2,1-2H3. The van der Waals surface area contributed by atoms with E-state index < -0.39 is 0 Å². The van der Waals surface area contributed by atoms with Gasteiger partial charge in [0.25, 0.3) is 0 Å². The lowest BCUT2D eigenvalue weighted by Crippen LogP contribution is -2.26. The van der Waals surface area contributed by atoms with Crippen molar-refractivity contribution in [3.05, 3.63) is 47.5 Å². The minimum Gasteiger partial charge on any atom is -0.316 e. The lowest BCUT2D eigenvalue weighted by atomic mass is 9.94. The van der Waals surface area contributed by atoms with Crippen LogP contribution in [0.5, 0.6) is 0 Å². The van der Waals surface area contributed by atoms with E-state index in [0.717, 1.165) is 43.6 Å². The lowest BCUT2D eigenvalue weighted by Gasteiger charge is -2.16. The molecule has 0 radical (unpaired) electrons. The van der Waals surface area contributed by atoms with Gasteiger partial charge in [0.2, 0.25) is 0 Å². The molecule has 114 valence electrons. The highest BCUT2D eigenvalue weighted by molar-refractivity contribution is 5.17. The fourth-order valence-electron chi connectivity index (χ4n) is 2.44. The zero-order valence-electron chi connectivity index (χ0n) is 12.7. The largest absolute Gasteiger partial charge is 0.316 e. The molecule has 1 heterocycles. The van der Waals surface area contributed by atoms with Crippen molar-refractivity contribution in [2.24, 2.45) is 13.0 Å². The molecule has 0 bridgehead atoms. The van der Waals surface area contributed by atoms with Gasteiger partial charge in [0.1, 0.15) is 5.82 Å². The highest BCUT2D eigenvalue weighted by Gasteiger charge is 2.13. The Labute approximate surface area is 125 Å². The number of hydrogen-bond donors (Lipinski definition) is 1. The van der Waals surface area contributed by atoms with Crippen LogP contribution in [0.2, 0.25) is 0 Å². The van der Waals surface area contributed by atoms with Crippen LogP contribution in [0.25, 0.3) is 0 Å². The summed E-state index contributed by atoms with van der Waals surface area (Å²) in [5, 5.41) is 11.6. The second kappa shape index (κ2) is 7.88. The summed E-state index contributed by atoms with van der Waals surface area (Å²) in [6.45, 7) is 4.10. The van der Waals surface area contributed by atoms with E-state index in [1.54, 1.807) is 4.68 Å². The summed E-state index contributed by atoms with van der Waals surface area (Å²) < 4.78 is 14.7. The van der Waals surface area contributed by atoms with Crippen LogP contribution >= 0.6 is 0 Å². The number of halogens is 1. The molecular formula is C16H23FN4. The molecule has 5 heteroatoms. The van der Waals surface area contributed by atoms with Gasteiger partial charge in [-0.15, -0.1) is 5.10 Å². The Morgan fingerprint density at radius 1 is 1.24 bits per heavy atom. The van der Waals surface area contributed by atoms with Gasteiger partial charge < -0.3 is 5.32 Å². The smallest absolute Gasteiger partial charge is 0.123 e. The van der Waals surface area contributed by atoms with E-state index in [-0.39, 0.29) is 5.82 Å². The fraction of sp³-hybridized carbons (Fsp3) is 0.500. The van der Waals surface area contributed by atoms with Crippen molar-refractivity contribution >= 4 is 0 Å². The molecule has 0 amide bonds. The summed E-state index contributed by atoms with van der Waals surface area (Å²) in [6, 6.07) is 6.76. The molecule has 0 saturated carbocycles. The summed E-state index contributed by atoms with van der Waals surface area (Å²) in [5.41, 5.74) is 2.16. The van der Waals surface area contributed by atoms with Crippen molar-refractivity contribution in [2.75, 3.05) is 13.1 Å². The predicted octanol–water partition coefficient (Wildman–Crippen LogP) is 2.36. The van der Waals surface area contributed by atoms with Crippen LogP contribution in [0.1, 0.15) is 24.6 Å². The molecule has 1 unspecified atom stereocenters. The Morgan fingerprint density at radius 2 is 2.00 bits per heavy atom. The summed E-state index contributed by atoms with van der Waals surface area (Å²) in [6.07, 6.45) is 4.86. The van der Waals surface area contributed by atoms with Gasteiger partial charge in [-0.25, -0.2) is 4.39 Å². The Kier molecular flexibility index (Phi) is 5.87. The van der Waals surface area contributed by atoms with Gasteiger partial charge in [-0.2, -0.15) is 0 Å². The van der Waals surface area contributed by atoms with Crippen LogP contribution in [0.15, 0.2) is 30.5 Å². The number of nitrogens with zero attached hydrogens (tertiary/aromatic N) is 3. The minimum absolute atomic E-state index is 0.187. The normalized spacial score (nSPS) is 12.5. The van der Waals surface area contributed by atoms with E-state index in [4.69, 9.17) is 0 Å². The molecule has 1 N–H and O–H groups in total. The van der Waals surface area contributed by atoms with Crippen molar-refractivity contribution in [2.45, 2.75) is 26.2 Å². The summed E-state index contributed by atoms with van der Waals surface area (Å²) >= 11 is 0. The Hall–Kier alpha value is -1.75. The van der Waals surface area contributed by atoms with Gasteiger partial charge in [0.15, 0.2) is 0 Å². The van der Waals surface area contributed by atoms with Crippen LogP contribution in [-0.4, -0.2) is 28.1 Å². The first kappa shape index (κ1) is 15.6. The van der Waals surface area contributed by atoms with Gasteiger partial charge in [0.05, 0.1) is 5.69 Å². The van der Waals surface area contributed by atoms with E-state index >= 15 is 0 Å². The molecule has 4 nitrogen and oxygen atoms in total. The maximum absolute atomic E-state index is 13.0. The molecule has 0 spiro atoms. The quantitative estimate of drug-likeness (QED) is 0.759. The molecule has 0 aliphatic carbocycles. The molecule has 1 aromatic heterocycles. The first-order chi connectivity index (χ1) is 10.2. The maximum atomic E-state index is 13.0. The van der Waals surface area contributed by atoms with Crippen LogP contribution in [0, 0.1) is 11.7 Å². The average Bonchev–Trinajstić information content (AvgIpc) is 2.87. The van der Waals surface area contributed by atoms with E-state index in [1.165, 1.54) is 12.1 Å². The van der Waals surface area contributed by atoms with Gasteiger partial charge in [-0.1, -0.05) is 24.3 Å². The van der Waals surface area contributed by atoms with E-state index in [2.05, 4.69) is 22.6 Å². The third kappa shape index (κ3) is 5.27. The van der Waals surface area contributed by atoms with Crippen LogP contribution in [0.4, 0.5) is 4.39 Å². The second-order valence-electron chi connectivity index (χ2n) is 5.49. The van der Waals surface area contributed by atoms with E-state index in [0.29, 0.717) is 5.92 Å². The van der Waals surface area contributed by atoms with Crippen LogP contribution < -0.4 is 5.32 Å². The Morgan fingerprint density at radius 3 is 2.62 bits per heavy atom. The summed E-state index contributed by atoms with van der Waals surface area (Å²) in [4.78, 5) is 0. The first-order valence-corrected chi connectivity index (χ1v) is 7.47. The number of rotatable bonds is 8. The zero-order valence-corrected chi connectivity index (χ0v) is 12.7. The Bertz CT molecular complexity index is 535. The molecule has 0 aliphatic heterocycles. The molecule has 21 heavy (non-hydrogen) atoms. The molecular weight excluding hydrogens is 267 g/mol. The third-order valence-electron chi connectivity index (χ3n) is 3.45. The number of hydrogen-bond acceptors (Lipinski definition) is 3. The lowest BCUT2D eigenvalue weighted by molar-refractivity contribution is 0.466. The number of nitrogens with one attached hydrogen (secondary N) is 1. The molecule has 0 saturated heterocycles. The topological polar surface area (TPSA) is 42.7 Å². The molecule has 0 aliphatic rings. The van der Waals surface area contributed by atoms with E-state index in [9.17, 15) is 4.39 Å². The molecule has 1 aromatic carbocycles. The second-order valence-corrected chi connectivity index (χ2v) is 5.49. The SMILES string of the molecule is CCCNCC(Cc1ccc(F)cc1)Cc1cn(C)nn1. The van der Waals surface area contributed by atoms with Gasteiger partial charge in [0, 0.05) is 13.2 Å². The van der Waals surface area contributed by atoms with Crippen molar-refractivity contribution in [3.63, 3.8) is 0 Å². The summed E-state index contributed by atoms with van der Waals surface area (Å²) in [7, 11) is 1.88. The number of benzene rings is 1. The monoisotopic (exact) mass is 290 g/mol. The van der Waals surface area contributed by atoms with Crippen molar-refractivity contribution in [1.29, 1.82) is 0 Å². The molecule has 0 fully saturated rings. The van der Waals surface area contributed by atoms with Gasteiger partial charge in [-0.05, 0) is 56.0 Å². The average molecular weight is 290 g/mol. The maximum Gasteiger partial charge on any atom is 0.123 e. The highest BCUT2D eigenvalue weighted by Crippen LogP contribution is 2.14. The molecule has 1 atom stereocenters. The first-order valence-electron chi connectivity index (χ1n) is 7.47. The summed E-state index contributed by atoms with van der Waals surface area (Å²) in [5.74, 6) is 0.243. The van der Waals surface area contributed by atoms with Crippen molar-refractivity contribution < 1.29 is 4.39 Å². The number of aromatic nitrogens is 3. The molecule has 2 rings (SSSR count). The fourth-order valence-corrected chi connectivity index (χ4v) is 2.44. The Balaban J connectivity index is 1.98. The van der Waals surface area contributed by atoms with E-state index in [1.807, 2.05) is 25.4 Å². The van der Waals surface area contributed by atoms with Gasteiger partial charge >= 0.3 is 0 Å². The third-order valence-corrected chi connectivity index (χ3v) is 3.45. The highest BCUT2D eigenvalue weighted by atomic mass is 19.1. The minimum atomic E-state index is -0.187. The zero-order chi connectivity index (χ0) is 15.1. The van der Waals surface area contributed by atoms with Crippen molar-refractivity contribution in [1.82, 2.24) is 20.3 Å². The van der Waals surface area contributed by atoms with Crippen LogP contribution in [0.3, 0.4) is 0 Å². The number of aryl methyl sites for hydroxylation is 1.